The number of carbonyl (C=O) groups is 1. The fourth-order valence-corrected chi connectivity index (χ4v) is 3.70. The Labute approximate surface area is 188 Å². The van der Waals surface area contributed by atoms with Crippen LogP contribution in [-0.4, -0.2) is 33.7 Å². The number of rotatable bonds is 6. The van der Waals surface area contributed by atoms with Crippen LogP contribution in [0.2, 0.25) is 5.02 Å². The highest BCUT2D eigenvalue weighted by molar-refractivity contribution is 6.30. The largest absolute Gasteiger partial charge is 0.497 e. The van der Waals surface area contributed by atoms with E-state index >= 15 is 0 Å². The minimum absolute atomic E-state index is 0.203. The molecule has 0 radical (unpaired) electrons. The Morgan fingerprint density at radius 2 is 1.78 bits per heavy atom. The van der Waals surface area contributed by atoms with Gasteiger partial charge in [0.25, 0.3) is 11.5 Å². The number of amides is 1. The summed E-state index contributed by atoms with van der Waals surface area (Å²) in [7, 11) is 3.26. The van der Waals surface area contributed by atoms with Crippen LogP contribution in [0.3, 0.4) is 0 Å². The van der Waals surface area contributed by atoms with E-state index < -0.39 is 11.2 Å². The third-order valence-electron chi connectivity index (χ3n) is 5.21. The summed E-state index contributed by atoms with van der Waals surface area (Å²) in [6.45, 7) is 0.396. The molecule has 0 aliphatic carbocycles. The fraction of sp³-hybridized carbons (Fsp3) is 0.174. The first-order chi connectivity index (χ1) is 15.4. The smallest absolute Gasteiger partial charge is 0.333 e. The van der Waals surface area contributed by atoms with Gasteiger partial charge in [0.05, 0.1) is 23.9 Å². The summed E-state index contributed by atoms with van der Waals surface area (Å²) in [6.07, 6.45) is 2.16. The number of aromatic nitrogens is 3. The number of halogens is 1. The van der Waals surface area contributed by atoms with E-state index in [1.807, 2.05) is 24.3 Å². The van der Waals surface area contributed by atoms with Crippen LogP contribution in [0.5, 0.6) is 5.75 Å². The number of nitrogens with zero attached hydrogens (tertiary/aromatic N) is 2. The van der Waals surface area contributed by atoms with Crippen LogP contribution in [0.15, 0.2) is 64.3 Å². The lowest BCUT2D eigenvalue weighted by atomic mass is 10.1. The Kier molecular flexibility index (Phi) is 5.87. The Morgan fingerprint density at radius 1 is 1.09 bits per heavy atom. The average molecular weight is 453 g/mol. The van der Waals surface area contributed by atoms with E-state index in [-0.39, 0.29) is 22.5 Å². The number of H-pyrrole nitrogens is 1. The third kappa shape index (κ3) is 4.04. The van der Waals surface area contributed by atoms with Crippen molar-refractivity contribution in [2.24, 2.45) is 7.05 Å². The fourth-order valence-electron chi connectivity index (χ4n) is 3.58. The second-order valence-electron chi connectivity index (χ2n) is 7.28. The van der Waals surface area contributed by atoms with Gasteiger partial charge in [-0.2, -0.15) is 0 Å². The lowest BCUT2D eigenvalue weighted by molar-refractivity contribution is 0.0955. The predicted molar refractivity (Wildman–Crippen MR) is 123 cm³/mol. The van der Waals surface area contributed by atoms with Gasteiger partial charge in [-0.15, -0.1) is 0 Å². The minimum atomic E-state index is -0.636. The number of aryl methyl sites for hydroxylation is 1. The molecule has 2 N–H and O–H groups in total. The lowest BCUT2D eigenvalue weighted by Crippen LogP contribution is -2.34. The quantitative estimate of drug-likeness (QED) is 0.470. The molecule has 0 spiro atoms. The number of methoxy groups -OCH3 is 1. The molecule has 0 bridgehead atoms. The van der Waals surface area contributed by atoms with Gasteiger partial charge < -0.3 is 19.6 Å². The van der Waals surface area contributed by atoms with Crippen LogP contribution in [0.25, 0.3) is 16.7 Å². The summed E-state index contributed by atoms with van der Waals surface area (Å²) in [4.78, 5) is 41.3. The summed E-state index contributed by atoms with van der Waals surface area (Å²) in [5, 5.41) is 3.34. The van der Waals surface area contributed by atoms with Crippen molar-refractivity contribution in [3.8, 4) is 11.4 Å². The molecular weight excluding hydrogens is 432 g/mol. The topological polar surface area (TPSA) is 98.1 Å². The van der Waals surface area contributed by atoms with Gasteiger partial charge in [-0.3, -0.25) is 9.59 Å². The molecule has 0 aliphatic heterocycles. The first-order valence-corrected chi connectivity index (χ1v) is 10.3. The number of fused-ring (bicyclic) bond motifs is 1. The van der Waals surface area contributed by atoms with Gasteiger partial charge >= 0.3 is 5.69 Å². The molecule has 8 nitrogen and oxygen atoms in total. The number of nitrogens with one attached hydrogen (secondary N) is 2. The number of carbonyl (C=O) groups excluding carboxylic acids is 1. The van der Waals surface area contributed by atoms with E-state index in [0.717, 1.165) is 15.9 Å². The molecule has 0 atom stereocenters. The van der Waals surface area contributed by atoms with Gasteiger partial charge in [-0.25, -0.2) is 9.36 Å². The molecule has 2 aromatic carbocycles. The number of aromatic amines is 1. The average Bonchev–Trinajstić information content (AvgIpc) is 3.11. The first-order valence-electron chi connectivity index (χ1n) is 9.90. The minimum Gasteiger partial charge on any atom is -0.497 e. The summed E-state index contributed by atoms with van der Waals surface area (Å²) in [5.74, 6) is 0.394. The second kappa shape index (κ2) is 8.76. The Bertz CT molecular complexity index is 1400. The molecule has 9 heteroatoms. The summed E-state index contributed by atoms with van der Waals surface area (Å²) in [5.41, 5.74) is 0.927. The van der Waals surface area contributed by atoms with Gasteiger partial charge in [-0.05, 0) is 48.4 Å². The van der Waals surface area contributed by atoms with Crippen molar-refractivity contribution in [2.75, 3.05) is 13.7 Å². The van der Waals surface area contributed by atoms with Crippen molar-refractivity contribution in [1.29, 1.82) is 0 Å². The van der Waals surface area contributed by atoms with E-state index in [4.69, 9.17) is 16.3 Å². The lowest BCUT2D eigenvalue weighted by Gasteiger charge is -2.07. The van der Waals surface area contributed by atoms with Gasteiger partial charge in [0.2, 0.25) is 0 Å². The van der Waals surface area contributed by atoms with E-state index in [1.165, 1.54) is 6.20 Å². The van der Waals surface area contributed by atoms with Crippen molar-refractivity contribution in [3.05, 3.63) is 91.7 Å². The van der Waals surface area contributed by atoms with Gasteiger partial charge in [0.15, 0.2) is 0 Å². The maximum absolute atomic E-state index is 13.1. The maximum atomic E-state index is 13.1. The second-order valence-corrected chi connectivity index (χ2v) is 7.71. The third-order valence-corrected chi connectivity index (χ3v) is 5.46. The zero-order valence-electron chi connectivity index (χ0n) is 17.5. The summed E-state index contributed by atoms with van der Waals surface area (Å²) in [6, 6.07) is 13.9. The molecule has 1 amide bonds. The standard InChI is InChI=1S/C23H21ClN4O4/c1-27-13-18(21(29)25-12-11-14-3-9-17(32-2)10-4-14)19-20(27)22(30)28(23(31)26-19)16-7-5-15(24)6-8-16/h3-10,13H,11-12H2,1-2H3,(H,25,29)(H,26,31). The molecule has 0 aliphatic rings. The van der Waals surface area contributed by atoms with Crippen LogP contribution in [0.4, 0.5) is 0 Å². The van der Waals surface area contributed by atoms with E-state index in [9.17, 15) is 14.4 Å². The molecule has 2 aromatic heterocycles. The molecular formula is C23H21ClN4O4. The maximum Gasteiger partial charge on any atom is 0.333 e. The number of hydrogen-bond donors (Lipinski definition) is 2. The Morgan fingerprint density at radius 3 is 2.44 bits per heavy atom. The molecule has 0 fully saturated rings. The molecule has 32 heavy (non-hydrogen) atoms. The highest BCUT2D eigenvalue weighted by atomic mass is 35.5. The zero-order chi connectivity index (χ0) is 22.8. The van der Waals surface area contributed by atoms with Crippen LogP contribution in [-0.2, 0) is 13.5 Å². The number of hydrogen-bond acceptors (Lipinski definition) is 4. The number of ether oxygens (including phenoxy) is 1. The number of benzene rings is 2. The first kappa shape index (κ1) is 21.5. The molecule has 0 unspecified atom stereocenters. The molecule has 2 heterocycles. The van der Waals surface area contributed by atoms with Crippen molar-refractivity contribution >= 4 is 28.5 Å². The van der Waals surface area contributed by atoms with Crippen molar-refractivity contribution in [3.63, 3.8) is 0 Å². The summed E-state index contributed by atoms with van der Waals surface area (Å²) < 4.78 is 7.70. The molecule has 0 saturated carbocycles. The highest BCUT2D eigenvalue weighted by Gasteiger charge is 2.20. The van der Waals surface area contributed by atoms with Gasteiger partial charge in [0, 0.05) is 24.8 Å². The zero-order valence-corrected chi connectivity index (χ0v) is 18.3. The Balaban J connectivity index is 1.60. The van der Waals surface area contributed by atoms with Crippen molar-refractivity contribution in [1.82, 2.24) is 19.4 Å². The van der Waals surface area contributed by atoms with Crippen molar-refractivity contribution < 1.29 is 9.53 Å². The van der Waals surface area contributed by atoms with E-state index in [1.54, 1.807) is 43.0 Å². The SMILES string of the molecule is COc1ccc(CCNC(=O)c2cn(C)c3c(=O)n(-c4ccc(Cl)cc4)c(=O)[nH]c23)cc1. The molecule has 0 saturated heterocycles. The highest BCUT2D eigenvalue weighted by Crippen LogP contribution is 2.16. The van der Waals surface area contributed by atoms with Crippen molar-refractivity contribution in [2.45, 2.75) is 6.42 Å². The van der Waals surface area contributed by atoms with E-state index in [0.29, 0.717) is 23.7 Å². The molecule has 4 rings (SSSR count). The van der Waals surface area contributed by atoms with Crippen LogP contribution >= 0.6 is 11.6 Å². The van der Waals surface area contributed by atoms with Crippen LogP contribution < -0.4 is 21.3 Å². The van der Waals surface area contributed by atoms with Gasteiger partial charge in [-0.1, -0.05) is 23.7 Å². The predicted octanol–water partition coefficient (Wildman–Crippen LogP) is 2.65. The normalized spacial score (nSPS) is 11.0. The summed E-state index contributed by atoms with van der Waals surface area (Å²) >= 11 is 5.90. The molecule has 164 valence electrons. The Hall–Kier alpha value is -3.78. The van der Waals surface area contributed by atoms with Crippen LogP contribution in [0.1, 0.15) is 15.9 Å². The molecule has 4 aromatic rings. The van der Waals surface area contributed by atoms with E-state index in [2.05, 4.69) is 10.3 Å². The van der Waals surface area contributed by atoms with Gasteiger partial charge in [0.1, 0.15) is 11.3 Å². The van der Waals surface area contributed by atoms with Crippen LogP contribution in [0, 0.1) is 0 Å². The monoisotopic (exact) mass is 452 g/mol.